The van der Waals surface area contributed by atoms with Crippen LogP contribution in [0.3, 0.4) is 0 Å². The summed E-state index contributed by atoms with van der Waals surface area (Å²) in [6, 6.07) is 4.65. The summed E-state index contributed by atoms with van der Waals surface area (Å²) in [7, 11) is 3.27. The van der Waals surface area contributed by atoms with Crippen LogP contribution in [0.5, 0.6) is 0 Å². The number of likely N-dealkylation sites (N-methyl/N-ethyl adjacent to an activating group) is 2. The van der Waals surface area contributed by atoms with Crippen LogP contribution in [0.25, 0.3) is 0 Å². The minimum absolute atomic E-state index is 0.120. The fourth-order valence-electron chi connectivity index (χ4n) is 1.99. The Kier molecular flexibility index (Phi) is 2.53. The van der Waals surface area contributed by atoms with Crippen molar-refractivity contribution in [3.05, 3.63) is 23.8 Å². The van der Waals surface area contributed by atoms with Crippen LogP contribution in [0.15, 0.2) is 18.2 Å². The first-order valence-corrected chi connectivity index (χ1v) is 5.38. The minimum atomic E-state index is -0.487. The van der Waals surface area contributed by atoms with Gasteiger partial charge in [-0.3, -0.25) is 9.59 Å². The van der Waals surface area contributed by atoms with Gasteiger partial charge in [-0.15, -0.1) is 0 Å². The van der Waals surface area contributed by atoms with Crippen molar-refractivity contribution < 1.29 is 9.59 Å². The Bertz CT molecular complexity index is 499. The minimum Gasteiger partial charge on any atom is -0.398 e. The molecule has 1 aromatic carbocycles. The van der Waals surface area contributed by atoms with Gasteiger partial charge in [0.15, 0.2) is 0 Å². The Morgan fingerprint density at radius 3 is 2.53 bits per heavy atom. The first-order valence-electron chi connectivity index (χ1n) is 5.38. The largest absolute Gasteiger partial charge is 0.398 e. The van der Waals surface area contributed by atoms with E-state index < -0.39 is 6.04 Å². The molecule has 1 aliphatic heterocycles. The van der Waals surface area contributed by atoms with Crippen molar-refractivity contribution in [1.29, 1.82) is 0 Å². The van der Waals surface area contributed by atoms with Gasteiger partial charge in [-0.2, -0.15) is 0 Å². The van der Waals surface area contributed by atoms with Gasteiger partial charge in [0, 0.05) is 19.8 Å². The summed E-state index contributed by atoms with van der Waals surface area (Å²) in [6.45, 7) is 1.71. The number of fused-ring (bicyclic) bond motifs is 1. The van der Waals surface area contributed by atoms with Crippen LogP contribution in [0.2, 0.25) is 0 Å². The molecule has 0 saturated heterocycles. The van der Waals surface area contributed by atoms with E-state index in [0.29, 0.717) is 16.9 Å². The zero-order valence-electron chi connectivity index (χ0n) is 10.1. The molecule has 5 nitrogen and oxygen atoms in total. The number of carbonyl (C=O) groups excluding carboxylic acids is 2. The highest BCUT2D eigenvalue weighted by Gasteiger charge is 2.34. The van der Waals surface area contributed by atoms with E-state index in [2.05, 4.69) is 0 Å². The van der Waals surface area contributed by atoms with Gasteiger partial charge in [-0.05, 0) is 19.1 Å². The Morgan fingerprint density at radius 1 is 1.24 bits per heavy atom. The van der Waals surface area contributed by atoms with Crippen LogP contribution in [-0.4, -0.2) is 36.9 Å². The summed E-state index contributed by atoms with van der Waals surface area (Å²) in [6.07, 6.45) is 0. The lowest BCUT2D eigenvalue weighted by Crippen LogP contribution is -2.43. The molecular formula is C12H15N3O2. The number of nitrogens with zero attached hydrogens (tertiary/aromatic N) is 2. The Hall–Kier alpha value is -2.04. The molecule has 0 aliphatic carbocycles. The van der Waals surface area contributed by atoms with Crippen molar-refractivity contribution in [2.45, 2.75) is 13.0 Å². The maximum absolute atomic E-state index is 12.2. The standard InChI is InChI=1S/C12H15N3O2/c1-7-11(16)15(3)9-6-4-5-8(13)10(9)12(17)14(7)2/h4-7H,13H2,1-3H3. The summed E-state index contributed by atoms with van der Waals surface area (Å²) in [5.41, 5.74) is 7.19. The molecule has 1 aromatic rings. The van der Waals surface area contributed by atoms with E-state index in [9.17, 15) is 9.59 Å². The van der Waals surface area contributed by atoms with Crippen molar-refractivity contribution >= 4 is 23.2 Å². The highest BCUT2D eigenvalue weighted by atomic mass is 16.2. The third kappa shape index (κ3) is 1.54. The Labute approximate surface area is 99.8 Å². The number of anilines is 2. The SMILES string of the molecule is CC1C(=O)N(C)c2cccc(N)c2C(=O)N1C. The molecule has 2 rings (SSSR count). The molecule has 1 unspecified atom stereocenters. The van der Waals surface area contributed by atoms with Crippen LogP contribution in [0.1, 0.15) is 17.3 Å². The predicted molar refractivity (Wildman–Crippen MR) is 65.8 cm³/mol. The maximum Gasteiger partial charge on any atom is 0.258 e. The molecule has 0 bridgehead atoms. The average molecular weight is 233 g/mol. The van der Waals surface area contributed by atoms with Gasteiger partial charge < -0.3 is 15.5 Å². The molecule has 17 heavy (non-hydrogen) atoms. The van der Waals surface area contributed by atoms with Crippen molar-refractivity contribution in [1.82, 2.24) is 4.90 Å². The molecule has 1 aliphatic rings. The van der Waals surface area contributed by atoms with Crippen molar-refractivity contribution in [2.75, 3.05) is 24.7 Å². The average Bonchev–Trinajstić information content (AvgIpc) is 2.38. The summed E-state index contributed by atoms with van der Waals surface area (Å²) < 4.78 is 0. The second-order valence-corrected chi connectivity index (χ2v) is 4.23. The highest BCUT2D eigenvalue weighted by molar-refractivity contribution is 6.13. The summed E-state index contributed by atoms with van der Waals surface area (Å²) in [5, 5.41) is 0. The smallest absolute Gasteiger partial charge is 0.258 e. The van der Waals surface area contributed by atoms with Gasteiger partial charge >= 0.3 is 0 Å². The summed E-state index contributed by atoms with van der Waals surface area (Å²) in [4.78, 5) is 27.2. The lowest BCUT2D eigenvalue weighted by Gasteiger charge is -2.22. The first kappa shape index (κ1) is 11.4. The third-order valence-electron chi connectivity index (χ3n) is 3.24. The maximum atomic E-state index is 12.2. The van der Waals surface area contributed by atoms with Crippen LogP contribution in [-0.2, 0) is 4.79 Å². The number of carbonyl (C=O) groups is 2. The normalized spacial score (nSPS) is 20.3. The number of nitrogen functional groups attached to an aromatic ring is 1. The molecule has 1 heterocycles. The van der Waals surface area contributed by atoms with Crippen LogP contribution < -0.4 is 10.6 Å². The van der Waals surface area contributed by atoms with Crippen LogP contribution in [0, 0.1) is 0 Å². The van der Waals surface area contributed by atoms with E-state index in [1.807, 2.05) is 0 Å². The predicted octanol–water partition coefficient (Wildman–Crippen LogP) is 0.706. The molecule has 0 fully saturated rings. The van der Waals surface area contributed by atoms with Crippen LogP contribution >= 0.6 is 0 Å². The monoisotopic (exact) mass is 233 g/mol. The third-order valence-corrected chi connectivity index (χ3v) is 3.24. The molecule has 2 N–H and O–H groups in total. The molecule has 0 saturated carbocycles. The second kappa shape index (κ2) is 3.76. The molecule has 0 spiro atoms. The number of nitrogens with two attached hydrogens (primary N) is 1. The van der Waals surface area contributed by atoms with E-state index in [-0.39, 0.29) is 11.8 Å². The van der Waals surface area contributed by atoms with Crippen molar-refractivity contribution in [2.24, 2.45) is 0 Å². The zero-order valence-corrected chi connectivity index (χ0v) is 10.1. The lowest BCUT2D eigenvalue weighted by atomic mass is 10.1. The van der Waals surface area contributed by atoms with Gasteiger partial charge in [0.25, 0.3) is 5.91 Å². The summed E-state index contributed by atoms with van der Waals surface area (Å²) >= 11 is 0. The number of amides is 2. The second-order valence-electron chi connectivity index (χ2n) is 4.23. The fourth-order valence-corrected chi connectivity index (χ4v) is 1.99. The van der Waals surface area contributed by atoms with E-state index >= 15 is 0 Å². The number of benzene rings is 1. The lowest BCUT2D eigenvalue weighted by molar-refractivity contribution is -0.121. The van der Waals surface area contributed by atoms with E-state index in [1.54, 1.807) is 39.2 Å². The fraction of sp³-hybridized carbons (Fsp3) is 0.333. The van der Waals surface area contributed by atoms with Crippen molar-refractivity contribution in [3.63, 3.8) is 0 Å². The molecule has 2 amide bonds. The number of rotatable bonds is 0. The topological polar surface area (TPSA) is 66.6 Å². The zero-order chi connectivity index (χ0) is 12.7. The summed E-state index contributed by atoms with van der Waals surface area (Å²) in [5.74, 6) is -0.339. The van der Waals surface area contributed by atoms with Gasteiger partial charge in [0.2, 0.25) is 5.91 Å². The van der Waals surface area contributed by atoms with Crippen molar-refractivity contribution in [3.8, 4) is 0 Å². The molecular weight excluding hydrogens is 218 g/mol. The first-order chi connectivity index (χ1) is 7.95. The van der Waals surface area contributed by atoms with Gasteiger partial charge in [0.1, 0.15) is 6.04 Å². The molecule has 90 valence electrons. The Morgan fingerprint density at radius 2 is 1.88 bits per heavy atom. The van der Waals surface area contributed by atoms with Gasteiger partial charge in [-0.25, -0.2) is 0 Å². The molecule has 0 aromatic heterocycles. The Balaban J connectivity index is 2.69. The highest BCUT2D eigenvalue weighted by Crippen LogP contribution is 2.30. The molecule has 0 radical (unpaired) electrons. The van der Waals surface area contributed by atoms with Gasteiger partial charge in [0.05, 0.1) is 11.3 Å². The van der Waals surface area contributed by atoms with E-state index in [4.69, 9.17) is 5.73 Å². The molecule has 1 atom stereocenters. The van der Waals surface area contributed by atoms with Gasteiger partial charge in [-0.1, -0.05) is 6.07 Å². The van der Waals surface area contributed by atoms with E-state index in [0.717, 1.165) is 0 Å². The quantitative estimate of drug-likeness (QED) is 0.671. The number of hydrogen-bond acceptors (Lipinski definition) is 3. The number of hydrogen-bond donors (Lipinski definition) is 1. The van der Waals surface area contributed by atoms with E-state index in [1.165, 1.54) is 9.80 Å². The molecule has 5 heteroatoms. The van der Waals surface area contributed by atoms with Crippen LogP contribution in [0.4, 0.5) is 11.4 Å².